The third-order valence-corrected chi connectivity index (χ3v) is 7.45. The number of para-hydroxylation sites is 1. The maximum absolute atomic E-state index is 12.9. The smallest absolute Gasteiger partial charge is 0.744 e. The molecule has 0 aromatic heterocycles. The molecule has 1 unspecified atom stereocenters. The molecule has 1 heterocycles. The minimum absolute atomic E-state index is 0. The summed E-state index contributed by atoms with van der Waals surface area (Å²) in [4.78, 5) is 12.1. The molecule has 186 valence electrons. The quantitative estimate of drug-likeness (QED) is 0.258. The van der Waals surface area contributed by atoms with Crippen LogP contribution in [0.15, 0.2) is 97.9 Å². The van der Waals surface area contributed by atoms with Crippen LogP contribution in [0.1, 0.15) is 12.5 Å². The van der Waals surface area contributed by atoms with Gasteiger partial charge in [-0.3, -0.25) is 9.52 Å². The molecule has 1 atom stereocenters. The molecule has 0 saturated heterocycles. The van der Waals surface area contributed by atoms with Crippen LogP contribution >= 0.6 is 0 Å². The summed E-state index contributed by atoms with van der Waals surface area (Å²) in [7, 11) is -8.92. The first-order valence-corrected chi connectivity index (χ1v) is 13.4. The van der Waals surface area contributed by atoms with E-state index >= 15 is 0 Å². The van der Waals surface area contributed by atoms with Gasteiger partial charge in [0.05, 0.1) is 32.6 Å². The summed E-state index contributed by atoms with van der Waals surface area (Å²) >= 11 is 0. The molecular formula is C23H20N5NaO6S2. The van der Waals surface area contributed by atoms with Gasteiger partial charge in [-0.2, -0.15) is 20.3 Å². The average Bonchev–Trinajstić information content (AvgIpc) is 3.11. The predicted molar refractivity (Wildman–Crippen MR) is 132 cm³/mol. The van der Waals surface area contributed by atoms with E-state index in [1.807, 2.05) is 6.07 Å². The molecule has 37 heavy (non-hydrogen) atoms. The first-order chi connectivity index (χ1) is 17.0. The summed E-state index contributed by atoms with van der Waals surface area (Å²) in [5, 5.41) is 13.8. The number of amides is 1. The van der Waals surface area contributed by atoms with Crippen molar-refractivity contribution in [3.05, 3.63) is 78.4 Å². The van der Waals surface area contributed by atoms with Crippen LogP contribution in [0.2, 0.25) is 0 Å². The number of aryl methyl sites for hydroxylation is 1. The molecule has 0 fully saturated rings. The second kappa shape index (κ2) is 11.2. The second-order valence-electron chi connectivity index (χ2n) is 7.88. The summed E-state index contributed by atoms with van der Waals surface area (Å²) in [5.74, 6) is -0.390. The summed E-state index contributed by atoms with van der Waals surface area (Å²) < 4.78 is 61.8. The van der Waals surface area contributed by atoms with E-state index in [1.165, 1.54) is 35.3 Å². The Morgan fingerprint density at radius 1 is 0.919 bits per heavy atom. The number of hydrazone groups is 1. The molecule has 0 bridgehead atoms. The van der Waals surface area contributed by atoms with Crippen molar-refractivity contribution in [1.29, 1.82) is 0 Å². The Kier molecular flexibility index (Phi) is 8.67. The van der Waals surface area contributed by atoms with E-state index in [4.69, 9.17) is 0 Å². The molecule has 0 saturated carbocycles. The fourth-order valence-electron chi connectivity index (χ4n) is 3.36. The van der Waals surface area contributed by atoms with Crippen LogP contribution in [-0.2, 0) is 24.9 Å². The van der Waals surface area contributed by atoms with Gasteiger partial charge in [0, 0.05) is 0 Å². The molecule has 1 N–H and O–H groups in total. The Bertz CT molecular complexity index is 1610. The number of hydrogen-bond acceptors (Lipinski definition) is 9. The first kappa shape index (κ1) is 28.6. The average molecular weight is 550 g/mol. The largest absolute Gasteiger partial charge is 1.00 e. The summed E-state index contributed by atoms with van der Waals surface area (Å²) in [6.07, 6.45) is 0. The topological polar surface area (TPSA) is 161 Å². The third kappa shape index (κ3) is 6.50. The first-order valence-electron chi connectivity index (χ1n) is 10.5. The van der Waals surface area contributed by atoms with E-state index in [-0.39, 0.29) is 45.8 Å². The number of rotatable bonds is 7. The number of benzene rings is 3. The van der Waals surface area contributed by atoms with E-state index in [0.717, 1.165) is 12.1 Å². The van der Waals surface area contributed by atoms with Crippen LogP contribution in [0.5, 0.6) is 0 Å². The van der Waals surface area contributed by atoms with Crippen molar-refractivity contribution in [2.45, 2.75) is 29.7 Å². The molecule has 0 radical (unpaired) electrons. The SMILES string of the molecule is CC1=NN(c2ccccc2)C(=O)C1N=Nc1cc(S(=O)(=O)Nc2cccc(S(=O)(=O)[O-])c2)ccc1C.[Na+]. The summed E-state index contributed by atoms with van der Waals surface area (Å²) in [6, 6.07) is 16.6. The van der Waals surface area contributed by atoms with Gasteiger partial charge >= 0.3 is 29.6 Å². The van der Waals surface area contributed by atoms with Gasteiger partial charge < -0.3 is 4.55 Å². The van der Waals surface area contributed by atoms with Crippen LogP contribution in [0.3, 0.4) is 0 Å². The van der Waals surface area contributed by atoms with E-state index < -0.39 is 37.0 Å². The predicted octanol–water partition coefficient (Wildman–Crippen LogP) is 0.579. The van der Waals surface area contributed by atoms with E-state index in [9.17, 15) is 26.2 Å². The third-order valence-electron chi connectivity index (χ3n) is 5.24. The molecular weight excluding hydrogens is 529 g/mol. The van der Waals surface area contributed by atoms with Crippen molar-refractivity contribution in [2.75, 3.05) is 9.73 Å². The van der Waals surface area contributed by atoms with Crippen molar-refractivity contribution >= 4 is 48.8 Å². The van der Waals surface area contributed by atoms with Crippen molar-refractivity contribution in [1.82, 2.24) is 0 Å². The van der Waals surface area contributed by atoms with Crippen molar-refractivity contribution in [3.63, 3.8) is 0 Å². The van der Waals surface area contributed by atoms with Gasteiger partial charge in [-0.1, -0.05) is 30.3 Å². The molecule has 1 amide bonds. The zero-order valence-corrected chi connectivity index (χ0v) is 23.7. The van der Waals surface area contributed by atoms with Gasteiger partial charge in [-0.25, -0.2) is 16.8 Å². The van der Waals surface area contributed by atoms with Crippen LogP contribution < -0.4 is 39.3 Å². The van der Waals surface area contributed by atoms with Gasteiger partial charge in [0.1, 0.15) is 10.1 Å². The number of hydrogen-bond donors (Lipinski definition) is 1. The Balaban J connectivity index is 0.00000380. The number of sulfonamides is 1. The number of carbonyl (C=O) groups is 1. The van der Waals surface area contributed by atoms with E-state index in [2.05, 4.69) is 20.1 Å². The zero-order valence-electron chi connectivity index (χ0n) is 20.1. The number of carbonyl (C=O) groups excluding carboxylic acids is 1. The number of anilines is 2. The van der Waals surface area contributed by atoms with Crippen LogP contribution in [-0.4, -0.2) is 39.0 Å². The van der Waals surface area contributed by atoms with Crippen LogP contribution in [0.4, 0.5) is 17.1 Å². The van der Waals surface area contributed by atoms with Crippen LogP contribution in [0.25, 0.3) is 0 Å². The Morgan fingerprint density at radius 2 is 1.62 bits per heavy atom. The molecule has 0 spiro atoms. The minimum atomic E-state index is -4.76. The second-order valence-corrected chi connectivity index (χ2v) is 10.9. The standard InChI is InChI=1S/C23H21N5O6S2.Na/c1-15-11-12-19(35(30,31)27-17-7-6-10-20(13-17)36(32,33)34)14-21(15)24-25-22-16(2)26-28(23(22)29)18-8-4-3-5-9-18;/h3-14,22,27H,1-2H3,(H,32,33,34);/q;+1/p-1. The Labute approximate surface area is 236 Å². The van der Waals surface area contributed by atoms with E-state index in [1.54, 1.807) is 38.1 Å². The molecule has 3 aromatic carbocycles. The molecule has 1 aliphatic heterocycles. The maximum Gasteiger partial charge on any atom is 1.00 e. The number of nitrogens with one attached hydrogen (secondary N) is 1. The van der Waals surface area contributed by atoms with Gasteiger partial charge in [0.15, 0.2) is 6.04 Å². The summed E-state index contributed by atoms with van der Waals surface area (Å²) in [6.45, 7) is 3.35. The Morgan fingerprint density at radius 3 is 2.30 bits per heavy atom. The normalized spacial score (nSPS) is 16.0. The van der Waals surface area contributed by atoms with Crippen LogP contribution in [0, 0.1) is 6.92 Å². The number of azo groups is 1. The molecule has 11 nitrogen and oxygen atoms in total. The Hall–Kier alpha value is -2.94. The van der Waals surface area contributed by atoms with Crippen molar-refractivity contribution in [3.8, 4) is 0 Å². The summed E-state index contributed by atoms with van der Waals surface area (Å²) in [5.41, 5.74) is 1.75. The van der Waals surface area contributed by atoms with Crippen molar-refractivity contribution in [2.24, 2.45) is 15.3 Å². The zero-order chi connectivity index (χ0) is 26.1. The van der Waals surface area contributed by atoms with E-state index in [0.29, 0.717) is 17.0 Å². The number of nitrogens with zero attached hydrogens (tertiary/aromatic N) is 4. The minimum Gasteiger partial charge on any atom is -0.744 e. The fourth-order valence-corrected chi connectivity index (χ4v) is 4.94. The monoisotopic (exact) mass is 549 g/mol. The van der Waals surface area contributed by atoms with Gasteiger partial charge in [0.25, 0.3) is 15.9 Å². The molecule has 3 aromatic rings. The van der Waals surface area contributed by atoms with Gasteiger partial charge in [-0.15, -0.1) is 0 Å². The van der Waals surface area contributed by atoms with Gasteiger partial charge in [0.2, 0.25) is 0 Å². The molecule has 4 rings (SSSR count). The molecule has 14 heteroatoms. The molecule has 1 aliphatic rings. The van der Waals surface area contributed by atoms with Crippen molar-refractivity contribution < 1.29 is 55.7 Å². The molecule has 0 aliphatic carbocycles. The van der Waals surface area contributed by atoms with Gasteiger partial charge in [-0.05, 0) is 61.9 Å². The fraction of sp³-hybridized carbons (Fsp3) is 0.130. The maximum atomic E-state index is 12.9.